The van der Waals surface area contributed by atoms with Crippen LogP contribution in [-0.2, 0) is 19.5 Å². The quantitative estimate of drug-likeness (QED) is 0.151. The van der Waals surface area contributed by atoms with Gasteiger partial charge in [0.2, 0.25) is 0 Å². The molecular weight excluding hydrogens is 561 g/mol. The van der Waals surface area contributed by atoms with E-state index in [1.165, 1.54) is 66.7 Å². The van der Waals surface area contributed by atoms with Gasteiger partial charge in [0.15, 0.2) is 0 Å². The van der Waals surface area contributed by atoms with E-state index >= 15 is 0 Å². The van der Waals surface area contributed by atoms with Gasteiger partial charge < -0.3 is 9.80 Å². The van der Waals surface area contributed by atoms with E-state index in [0.717, 1.165) is 0 Å². The van der Waals surface area contributed by atoms with Crippen molar-refractivity contribution in [1.82, 2.24) is 0 Å². The summed E-state index contributed by atoms with van der Waals surface area (Å²) in [5.41, 5.74) is 13.0. The number of hydrogen-bond acceptors (Lipinski definition) is 2. The van der Waals surface area contributed by atoms with Crippen molar-refractivity contribution in [2.24, 2.45) is 0 Å². The maximum Gasteiger partial charge on any atom is 2.00 e. The van der Waals surface area contributed by atoms with Gasteiger partial charge in [-0.05, 0) is 76.2 Å². The minimum absolute atomic E-state index is 0. The van der Waals surface area contributed by atoms with E-state index in [9.17, 15) is 0 Å². The van der Waals surface area contributed by atoms with Crippen LogP contribution in [0.2, 0.25) is 0 Å². The molecule has 1 heterocycles. The fraction of sp³-hybridized carbons (Fsp3) is 0.167. The Morgan fingerprint density at radius 1 is 0.564 bits per heavy atom. The third-order valence-electron chi connectivity index (χ3n) is 7.19. The van der Waals surface area contributed by atoms with Crippen LogP contribution in [0, 0.1) is 48.2 Å². The van der Waals surface area contributed by atoms with Crippen LogP contribution in [0.3, 0.4) is 0 Å². The molecule has 0 atom stereocenters. The summed E-state index contributed by atoms with van der Waals surface area (Å²) in [6, 6.07) is 32.4. The Hall–Kier alpha value is -3.55. The Labute approximate surface area is 246 Å². The molecule has 198 valence electrons. The van der Waals surface area contributed by atoms with E-state index in [4.69, 9.17) is 0 Å². The van der Waals surface area contributed by atoms with Crippen molar-refractivity contribution < 1.29 is 19.5 Å². The average molecular weight is 598 g/mol. The minimum Gasteiger partial charge on any atom is -0.479 e. The third kappa shape index (κ3) is 6.05. The van der Waals surface area contributed by atoms with E-state index in [0.29, 0.717) is 0 Å². The number of anilines is 2. The molecule has 1 aliphatic rings. The summed E-state index contributed by atoms with van der Waals surface area (Å²) in [5.74, 6) is 0. The van der Waals surface area contributed by atoms with Crippen molar-refractivity contribution in [1.29, 1.82) is 0 Å². The average Bonchev–Trinajstić information content (AvgIpc) is 3.52. The first kappa shape index (κ1) is 28.5. The molecule has 5 aromatic rings. The molecule has 0 radical (unpaired) electrons. The smallest absolute Gasteiger partial charge is 0.479 e. The second-order valence-corrected chi connectivity index (χ2v) is 10.4. The predicted octanol–water partition coefficient (Wildman–Crippen LogP) is 9.68. The van der Waals surface area contributed by atoms with Crippen LogP contribution in [0.4, 0.5) is 11.4 Å². The molecule has 2 nitrogen and oxygen atoms in total. The van der Waals surface area contributed by atoms with E-state index in [1.807, 2.05) is 0 Å². The fourth-order valence-electron chi connectivity index (χ4n) is 5.80. The molecular formula is C36H36N2Ru. The normalized spacial score (nSPS) is 12.4. The predicted molar refractivity (Wildman–Crippen MR) is 165 cm³/mol. The van der Waals surface area contributed by atoms with Crippen LogP contribution in [0.15, 0.2) is 103 Å². The van der Waals surface area contributed by atoms with Crippen molar-refractivity contribution in [3.8, 4) is 11.1 Å². The van der Waals surface area contributed by atoms with Gasteiger partial charge in [0.25, 0.3) is 0 Å². The van der Waals surface area contributed by atoms with Crippen LogP contribution in [-0.4, -0.2) is 0 Å². The van der Waals surface area contributed by atoms with Gasteiger partial charge in [-0.3, -0.25) is 0 Å². The fourth-order valence-corrected chi connectivity index (χ4v) is 5.80. The Balaban J connectivity index is 0.000000191. The van der Waals surface area contributed by atoms with Gasteiger partial charge in [-0.2, -0.15) is 0 Å². The van der Waals surface area contributed by atoms with Crippen LogP contribution < -0.4 is 9.80 Å². The molecule has 0 saturated heterocycles. The molecule has 0 aromatic heterocycles. The largest absolute Gasteiger partial charge is 2.00 e. The maximum atomic E-state index is 2.25. The van der Waals surface area contributed by atoms with Crippen molar-refractivity contribution in [3.63, 3.8) is 0 Å². The van der Waals surface area contributed by atoms with Crippen molar-refractivity contribution >= 4 is 22.1 Å². The molecule has 5 aromatic carbocycles. The molecule has 1 aliphatic heterocycles. The molecule has 0 saturated carbocycles. The van der Waals surface area contributed by atoms with Crippen molar-refractivity contribution in [2.75, 3.05) is 9.80 Å². The molecule has 0 spiro atoms. The third-order valence-corrected chi connectivity index (χ3v) is 7.19. The maximum absolute atomic E-state index is 2.25. The van der Waals surface area contributed by atoms with E-state index in [1.54, 1.807) is 0 Å². The van der Waals surface area contributed by atoms with Crippen LogP contribution in [0.25, 0.3) is 21.9 Å². The Morgan fingerprint density at radius 3 is 1.54 bits per heavy atom. The second kappa shape index (κ2) is 12.1. The second-order valence-electron chi connectivity index (χ2n) is 10.4. The van der Waals surface area contributed by atoms with Crippen LogP contribution in [0.5, 0.6) is 0 Å². The summed E-state index contributed by atoms with van der Waals surface area (Å²) in [6.45, 7) is 15.2. The van der Waals surface area contributed by atoms with Gasteiger partial charge in [-0.1, -0.05) is 77.4 Å². The van der Waals surface area contributed by atoms with Crippen molar-refractivity contribution in [2.45, 2.75) is 41.5 Å². The van der Waals surface area contributed by atoms with Gasteiger partial charge in [-0.25, -0.2) is 0 Å². The molecule has 0 amide bonds. The molecule has 3 heteroatoms. The summed E-state index contributed by atoms with van der Waals surface area (Å²) in [6.07, 6.45) is 4.28. The zero-order valence-electron chi connectivity index (χ0n) is 23.6. The topological polar surface area (TPSA) is 6.48 Å². The summed E-state index contributed by atoms with van der Waals surface area (Å²) < 4.78 is 0. The number of rotatable bonds is 3. The summed E-state index contributed by atoms with van der Waals surface area (Å²) in [7, 11) is 0. The zero-order chi connectivity index (χ0) is 26.8. The molecule has 0 unspecified atom stereocenters. The van der Waals surface area contributed by atoms with Gasteiger partial charge in [0, 0.05) is 11.4 Å². The molecule has 0 aliphatic carbocycles. The zero-order valence-corrected chi connectivity index (χ0v) is 25.4. The molecule has 0 fully saturated rings. The first-order chi connectivity index (χ1) is 18.3. The van der Waals surface area contributed by atoms with E-state index in [2.05, 4.69) is 161 Å². The first-order valence-electron chi connectivity index (χ1n) is 13.3. The summed E-state index contributed by atoms with van der Waals surface area (Å²) >= 11 is 0. The molecule has 0 bridgehead atoms. The molecule has 39 heavy (non-hydrogen) atoms. The Morgan fingerprint density at radius 2 is 1.03 bits per heavy atom. The van der Waals surface area contributed by atoms with Gasteiger partial charge in [0.1, 0.15) is 0 Å². The Bertz CT molecular complexity index is 1500. The van der Waals surface area contributed by atoms with Crippen molar-refractivity contribution in [3.05, 3.63) is 143 Å². The number of aryl methyl sites for hydroxylation is 6. The van der Waals surface area contributed by atoms with Gasteiger partial charge >= 0.3 is 19.5 Å². The number of fused-ring (bicyclic) bond motifs is 1. The molecule has 6 rings (SSSR count). The van der Waals surface area contributed by atoms with Crippen LogP contribution in [0.1, 0.15) is 33.4 Å². The van der Waals surface area contributed by atoms with Crippen LogP contribution >= 0.6 is 0 Å². The van der Waals surface area contributed by atoms with E-state index in [-0.39, 0.29) is 19.5 Å². The first-order valence-corrected chi connectivity index (χ1v) is 13.3. The van der Waals surface area contributed by atoms with Gasteiger partial charge in [0.05, 0.1) is 0 Å². The number of benzene rings is 4. The SMILES string of the molecule is Cc1cc(C)c(N2C=CN(c3c(C)cc(C)cc3C)[CH-]2)c(C)c1.[Ru+2].c1ccc(-c2c[cH-]c3ccccc23)cc1. The Kier molecular flexibility index (Phi) is 8.83. The minimum atomic E-state index is 0. The summed E-state index contributed by atoms with van der Waals surface area (Å²) in [4.78, 5) is 4.45. The molecule has 0 N–H and O–H groups in total. The summed E-state index contributed by atoms with van der Waals surface area (Å²) in [5, 5.41) is 2.65. The standard InChI is InChI=1S/C21H25N2.C15H11.Ru/c1-14-9-16(3)20(17(4)10-14)22-7-8-23(13-22)21-18(5)11-15(2)12-19(21)6;1-2-6-12(7-3-1)15-11-10-13-8-4-5-9-14(13)15;/h7-13H,1-6H3;1-11H;/q2*-1;+2. The number of hydrogen-bond donors (Lipinski definition) is 0. The van der Waals surface area contributed by atoms with Gasteiger partial charge in [-0.15, -0.1) is 53.3 Å². The monoisotopic (exact) mass is 598 g/mol. The number of nitrogens with zero attached hydrogens (tertiary/aromatic N) is 2. The van der Waals surface area contributed by atoms with E-state index < -0.39 is 0 Å².